The standard InChI is InChI=1S/C14H13F3N2O2/c15-8-5-10(17)12(6-9(8)16)19-7-13(20)18-4-2-1-3-11(18)14(19)21/h5-6,11H,1-4,7H2. The van der Waals surface area contributed by atoms with Crippen molar-refractivity contribution >= 4 is 17.5 Å². The Balaban J connectivity index is 1.97. The van der Waals surface area contributed by atoms with Gasteiger partial charge in [0.25, 0.3) is 0 Å². The fourth-order valence-electron chi connectivity index (χ4n) is 2.89. The van der Waals surface area contributed by atoms with Gasteiger partial charge in [-0.25, -0.2) is 13.2 Å². The highest BCUT2D eigenvalue weighted by Crippen LogP contribution is 2.29. The van der Waals surface area contributed by atoms with E-state index in [9.17, 15) is 22.8 Å². The summed E-state index contributed by atoms with van der Waals surface area (Å²) in [4.78, 5) is 26.9. The topological polar surface area (TPSA) is 40.6 Å². The zero-order valence-electron chi connectivity index (χ0n) is 11.1. The Labute approximate surface area is 119 Å². The third-order valence-electron chi connectivity index (χ3n) is 3.95. The minimum absolute atomic E-state index is 0.302. The Hall–Kier alpha value is -2.05. The van der Waals surface area contributed by atoms with Gasteiger partial charge >= 0.3 is 0 Å². The number of carbonyl (C=O) groups excluding carboxylic acids is 2. The molecule has 2 aliphatic heterocycles. The summed E-state index contributed by atoms with van der Waals surface area (Å²) in [6, 6.07) is 0.372. The van der Waals surface area contributed by atoms with Crippen molar-refractivity contribution < 1.29 is 22.8 Å². The van der Waals surface area contributed by atoms with Gasteiger partial charge in [-0.1, -0.05) is 0 Å². The number of halogens is 3. The summed E-state index contributed by atoms with van der Waals surface area (Å²) < 4.78 is 40.1. The van der Waals surface area contributed by atoms with Gasteiger partial charge in [0.2, 0.25) is 11.8 Å². The second-order valence-electron chi connectivity index (χ2n) is 5.24. The number of anilines is 1. The fraction of sp³-hybridized carbons (Fsp3) is 0.429. The van der Waals surface area contributed by atoms with E-state index < -0.39 is 35.1 Å². The van der Waals surface area contributed by atoms with Crippen molar-refractivity contribution in [2.45, 2.75) is 25.3 Å². The number of benzene rings is 1. The highest BCUT2D eigenvalue weighted by Gasteiger charge is 2.41. The van der Waals surface area contributed by atoms with E-state index in [4.69, 9.17) is 0 Å². The zero-order valence-corrected chi connectivity index (χ0v) is 11.1. The van der Waals surface area contributed by atoms with Crippen molar-refractivity contribution in [2.75, 3.05) is 18.0 Å². The van der Waals surface area contributed by atoms with E-state index in [1.54, 1.807) is 0 Å². The molecule has 2 fully saturated rings. The number of rotatable bonds is 1. The van der Waals surface area contributed by atoms with E-state index in [1.165, 1.54) is 4.90 Å². The molecule has 112 valence electrons. The van der Waals surface area contributed by atoms with E-state index in [-0.39, 0.29) is 12.5 Å². The van der Waals surface area contributed by atoms with Crippen LogP contribution in [0.25, 0.3) is 0 Å². The van der Waals surface area contributed by atoms with Gasteiger partial charge in [0.15, 0.2) is 11.6 Å². The van der Waals surface area contributed by atoms with Crippen molar-refractivity contribution in [1.29, 1.82) is 0 Å². The molecule has 0 bridgehead atoms. The lowest BCUT2D eigenvalue weighted by Crippen LogP contribution is -2.61. The third kappa shape index (κ3) is 2.26. The van der Waals surface area contributed by atoms with Crippen LogP contribution in [0.2, 0.25) is 0 Å². The van der Waals surface area contributed by atoms with Crippen LogP contribution < -0.4 is 4.90 Å². The van der Waals surface area contributed by atoms with Crippen LogP contribution in [0, 0.1) is 17.5 Å². The highest BCUT2D eigenvalue weighted by molar-refractivity contribution is 6.06. The van der Waals surface area contributed by atoms with Crippen LogP contribution in [-0.4, -0.2) is 35.8 Å². The minimum atomic E-state index is -1.33. The molecule has 2 heterocycles. The number of piperidine rings is 1. The molecular weight excluding hydrogens is 285 g/mol. The maximum atomic E-state index is 13.8. The summed E-state index contributed by atoms with van der Waals surface area (Å²) in [5, 5.41) is 0. The fourth-order valence-corrected chi connectivity index (χ4v) is 2.89. The number of nitrogens with zero attached hydrogens (tertiary/aromatic N) is 2. The predicted octanol–water partition coefficient (Wildman–Crippen LogP) is 1.83. The molecule has 3 rings (SSSR count). The molecule has 4 nitrogen and oxygen atoms in total. The van der Waals surface area contributed by atoms with Crippen molar-refractivity contribution in [2.24, 2.45) is 0 Å². The monoisotopic (exact) mass is 298 g/mol. The van der Waals surface area contributed by atoms with Gasteiger partial charge in [0, 0.05) is 18.7 Å². The van der Waals surface area contributed by atoms with E-state index in [0.29, 0.717) is 25.1 Å². The maximum absolute atomic E-state index is 13.8. The highest BCUT2D eigenvalue weighted by atomic mass is 19.2. The Morgan fingerprint density at radius 2 is 1.71 bits per heavy atom. The van der Waals surface area contributed by atoms with Crippen LogP contribution in [0.1, 0.15) is 19.3 Å². The van der Waals surface area contributed by atoms with Crippen LogP contribution in [0.4, 0.5) is 18.9 Å². The molecule has 1 aromatic rings. The van der Waals surface area contributed by atoms with Crippen molar-refractivity contribution in [3.63, 3.8) is 0 Å². The quantitative estimate of drug-likeness (QED) is 0.742. The minimum Gasteiger partial charge on any atom is -0.329 e. The van der Waals surface area contributed by atoms with Crippen LogP contribution in [-0.2, 0) is 9.59 Å². The van der Waals surface area contributed by atoms with Crippen LogP contribution in [0.3, 0.4) is 0 Å². The summed E-state index contributed by atoms with van der Waals surface area (Å²) in [6.45, 7) is 0.153. The molecule has 2 amide bonds. The lowest BCUT2D eigenvalue weighted by molar-refractivity contribution is -0.144. The molecule has 0 saturated carbocycles. The molecule has 0 spiro atoms. The number of fused-ring (bicyclic) bond motifs is 1. The Bertz CT molecular complexity index is 620. The van der Waals surface area contributed by atoms with Gasteiger partial charge in [-0.05, 0) is 19.3 Å². The first kappa shape index (κ1) is 13.9. The maximum Gasteiger partial charge on any atom is 0.250 e. The largest absolute Gasteiger partial charge is 0.329 e. The summed E-state index contributed by atoms with van der Waals surface area (Å²) in [6.07, 6.45) is 2.13. The van der Waals surface area contributed by atoms with E-state index >= 15 is 0 Å². The van der Waals surface area contributed by atoms with Gasteiger partial charge < -0.3 is 4.90 Å². The van der Waals surface area contributed by atoms with Crippen LogP contribution in [0.15, 0.2) is 12.1 Å². The Morgan fingerprint density at radius 1 is 1.00 bits per heavy atom. The lowest BCUT2D eigenvalue weighted by Gasteiger charge is -2.42. The van der Waals surface area contributed by atoms with Crippen molar-refractivity contribution in [1.82, 2.24) is 4.90 Å². The molecule has 0 N–H and O–H groups in total. The summed E-state index contributed by atoms with van der Waals surface area (Å²) in [5.74, 6) is -4.38. The van der Waals surface area contributed by atoms with Gasteiger partial charge in [0.05, 0.1) is 5.69 Å². The molecule has 0 radical (unpaired) electrons. The summed E-state index contributed by atoms with van der Waals surface area (Å²) >= 11 is 0. The predicted molar refractivity (Wildman–Crippen MR) is 68.0 cm³/mol. The molecular formula is C14H13F3N2O2. The molecule has 0 aliphatic carbocycles. The smallest absolute Gasteiger partial charge is 0.250 e. The molecule has 0 aromatic heterocycles. The summed E-state index contributed by atoms with van der Waals surface area (Å²) in [5.41, 5.74) is -0.391. The molecule has 2 saturated heterocycles. The first-order chi connectivity index (χ1) is 9.99. The van der Waals surface area contributed by atoms with Crippen molar-refractivity contribution in [3.05, 3.63) is 29.6 Å². The average Bonchev–Trinajstić information content (AvgIpc) is 2.47. The Kier molecular flexibility index (Phi) is 3.35. The number of hydrogen-bond donors (Lipinski definition) is 0. The van der Waals surface area contributed by atoms with E-state index in [1.807, 2.05) is 0 Å². The normalized spacial score (nSPS) is 22.5. The SMILES string of the molecule is O=C1C2CCCCN2C(=O)CN1c1cc(F)c(F)cc1F. The van der Waals surface area contributed by atoms with Gasteiger partial charge in [0.1, 0.15) is 18.4 Å². The van der Waals surface area contributed by atoms with Crippen molar-refractivity contribution in [3.8, 4) is 0 Å². The molecule has 7 heteroatoms. The second-order valence-corrected chi connectivity index (χ2v) is 5.24. The number of carbonyl (C=O) groups is 2. The third-order valence-corrected chi connectivity index (χ3v) is 3.95. The number of piperazine rings is 1. The molecule has 1 unspecified atom stereocenters. The first-order valence-corrected chi connectivity index (χ1v) is 6.74. The molecule has 1 atom stereocenters. The van der Waals surface area contributed by atoms with Gasteiger partial charge in [-0.3, -0.25) is 14.5 Å². The summed E-state index contributed by atoms with van der Waals surface area (Å²) in [7, 11) is 0. The average molecular weight is 298 g/mol. The Morgan fingerprint density at radius 3 is 2.48 bits per heavy atom. The van der Waals surface area contributed by atoms with Crippen LogP contribution in [0.5, 0.6) is 0 Å². The first-order valence-electron chi connectivity index (χ1n) is 6.74. The van der Waals surface area contributed by atoms with E-state index in [2.05, 4.69) is 0 Å². The number of amides is 2. The van der Waals surface area contributed by atoms with Crippen LogP contribution >= 0.6 is 0 Å². The van der Waals surface area contributed by atoms with Gasteiger partial charge in [-0.15, -0.1) is 0 Å². The molecule has 21 heavy (non-hydrogen) atoms. The molecule has 2 aliphatic rings. The second kappa shape index (κ2) is 5.05. The van der Waals surface area contributed by atoms with E-state index in [0.717, 1.165) is 17.7 Å². The van der Waals surface area contributed by atoms with Gasteiger partial charge in [-0.2, -0.15) is 0 Å². The zero-order chi connectivity index (χ0) is 15.1. The molecule has 1 aromatic carbocycles. The number of hydrogen-bond acceptors (Lipinski definition) is 2. The lowest BCUT2D eigenvalue weighted by atomic mass is 9.98.